The van der Waals surface area contributed by atoms with E-state index in [1.54, 1.807) is 12.6 Å². The van der Waals surface area contributed by atoms with E-state index in [-0.39, 0.29) is 0 Å². The highest BCUT2D eigenvalue weighted by Gasteiger charge is 2.18. The Labute approximate surface area is 172 Å². The summed E-state index contributed by atoms with van der Waals surface area (Å²) in [4.78, 5) is 9.09. The number of furan rings is 1. The second kappa shape index (κ2) is 7.45. The Bertz CT molecular complexity index is 1260. The van der Waals surface area contributed by atoms with Crippen molar-refractivity contribution in [2.45, 2.75) is 6.54 Å². The number of halogens is 1. The number of nitrogens with one attached hydrogen (secondary N) is 1. The van der Waals surface area contributed by atoms with Crippen molar-refractivity contribution in [3.05, 3.63) is 96.3 Å². The van der Waals surface area contributed by atoms with Gasteiger partial charge < -0.3 is 9.73 Å². The van der Waals surface area contributed by atoms with Gasteiger partial charge in [0.05, 0.1) is 28.9 Å². The number of hydrogen-bond donors (Lipinski definition) is 1. The van der Waals surface area contributed by atoms with Crippen LogP contribution in [0, 0.1) is 0 Å². The number of benzene rings is 2. The maximum absolute atomic E-state index is 6.49. The molecular formula is C23H17ClN4O. The number of nitrogens with zero attached hydrogens (tertiary/aromatic N) is 3. The van der Waals surface area contributed by atoms with Gasteiger partial charge in [-0.2, -0.15) is 0 Å². The lowest BCUT2D eigenvalue weighted by Gasteiger charge is -2.08. The van der Waals surface area contributed by atoms with E-state index in [9.17, 15) is 0 Å². The molecule has 0 aliphatic heterocycles. The molecule has 0 fully saturated rings. The van der Waals surface area contributed by atoms with E-state index in [0.29, 0.717) is 11.6 Å². The summed E-state index contributed by atoms with van der Waals surface area (Å²) >= 11 is 6.49. The van der Waals surface area contributed by atoms with Crippen LogP contribution in [0.2, 0.25) is 5.02 Å². The predicted octanol–water partition coefficient (Wildman–Crippen LogP) is 5.95. The van der Waals surface area contributed by atoms with E-state index < -0.39 is 0 Å². The van der Waals surface area contributed by atoms with Crippen molar-refractivity contribution in [3.63, 3.8) is 0 Å². The summed E-state index contributed by atoms with van der Waals surface area (Å²) in [5.41, 5.74) is 3.77. The number of anilines is 1. The van der Waals surface area contributed by atoms with E-state index in [1.807, 2.05) is 59.2 Å². The third-order valence-electron chi connectivity index (χ3n) is 4.79. The van der Waals surface area contributed by atoms with Gasteiger partial charge in [0.1, 0.15) is 17.9 Å². The Hall–Kier alpha value is -3.57. The monoisotopic (exact) mass is 400 g/mol. The van der Waals surface area contributed by atoms with E-state index in [1.165, 1.54) is 0 Å². The van der Waals surface area contributed by atoms with Crippen LogP contribution in [0.5, 0.6) is 0 Å². The molecule has 0 aliphatic rings. The van der Waals surface area contributed by atoms with Gasteiger partial charge in [-0.1, -0.05) is 54.1 Å². The van der Waals surface area contributed by atoms with Crippen LogP contribution < -0.4 is 5.32 Å². The molecular weight excluding hydrogens is 384 g/mol. The molecule has 2 aromatic carbocycles. The fourth-order valence-corrected chi connectivity index (χ4v) is 3.67. The number of rotatable bonds is 5. The number of para-hydroxylation sites is 1. The summed E-state index contributed by atoms with van der Waals surface area (Å²) in [5, 5.41) is 4.98. The SMILES string of the molecule is Clc1ccccc1-n1cc(-c2ccccc2)c2c(NCc3ccco3)ncnc21. The topological polar surface area (TPSA) is 55.9 Å². The zero-order chi connectivity index (χ0) is 19.6. The summed E-state index contributed by atoms with van der Waals surface area (Å²) < 4.78 is 7.46. The van der Waals surface area contributed by atoms with Gasteiger partial charge in [-0.15, -0.1) is 0 Å². The molecule has 29 heavy (non-hydrogen) atoms. The third-order valence-corrected chi connectivity index (χ3v) is 5.11. The van der Waals surface area contributed by atoms with Crippen molar-refractivity contribution >= 4 is 28.5 Å². The average Bonchev–Trinajstić information content (AvgIpc) is 3.42. The molecule has 0 saturated heterocycles. The van der Waals surface area contributed by atoms with Crippen LogP contribution in [0.1, 0.15) is 5.76 Å². The molecule has 5 rings (SSSR count). The van der Waals surface area contributed by atoms with Crippen molar-refractivity contribution < 1.29 is 4.42 Å². The Morgan fingerprint density at radius 3 is 2.55 bits per heavy atom. The van der Waals surface area contributed by atoms with Crippen LogP contribution >= 0.6 is 11.6 Å². The summed E-state index contributed by atoms with van der Waals surface area (Å²) in [6.07, 6.45) is 5.29. The molecule has 1 N–H and O–H groups in total. The van der Waals surface area contributed by atoms with Crippen molar-refractivity contribution in [1.82, 2.24) is 14.5 Å². The lowest BCUT2D eigenvalue weighted by atomic mass is 10.1. The molecule has 142 valence electrons. The highest BCUT2D eigenvalue weighted by Crippen LogP contribution is 2.36. The van der Waals surface area contributed by atoms with Crippen molar-refractivity contribution in [3.8, 4) is 16.8 Å². The van der Waals surface area contributed by atoms with Gasteiger partial charge in [-0.3, -0.25) is 4.57 Å². The molecule has 3 aromatic heterocycles. The van der Waals surface area contributed by atoms with E-state index in [4.69, 9.17) is 16.0 Å². The van der Waals surface area contributed by atoms with Crippen molar-refractivity contribution in [2.24, 2.45) is 0 Å². The minimum absolute atomic E-state index is 0.532. The highest BCUT2D eigenvalue weighted by atomic mass is 35.5. The maximum Gasteiger partial charge on any atom is 0.150 e. The second-order valence-corrected chi connectivity index (χ2v) is 6.99. The molecule has 0 unspecified atom stereocenters. The van der Waals surface area contributed by atoms with Gasteiger partial charge in [0.15, 0.2) is 5.65 Å². The molecule has 0 aliphatic carbocycles. The summed E-state index contributed by atoms with van der Waals surface area (Å²) in [6, 6.07) is 21.7. The fourth-order valence-electron chi connectivity index (χ4n) is 3.45. The Balaban J connectivity index is 1.71. The van der Waals surface area contributed by atoms with Crippen LogP contribution in [0.4, 0.5) is 5.82 Å². The van der Waals surface area contributed by atoms with Crippen molar-refractivity contribution in [2.75, 3.05) is 5.32 Å². The number of hydrogen-bond acceptors (Lipinski definition) is 4. The van der Waals surface area contributed by atoms with Gasteiger partial charge in [0.25, 0.3) is 0 Å². The number of aromatic nitrogens is 3. The lowest BCUT2D eigenvalue weighted by Crippen LogP contribution is -2.02. The summed E-state index contributed by atoms with van der Waals surface area (Å²) in [7, 11) is 0. The zero-order valence-electron chi connectivity index (χ0n) is 15.4. The van der Waals surface area contributed by atoms with Gasteiger partial charge in [0.2, 0.25) is 0 Å². The van der Waals surface area contributed by atoms with Crippen molar-refractivity contribution in [1.29, 1.82) is 0 Å². The molecule has 0 amide bonds. The molecule has 5 aromatic rings. The molecule has 0 spiro atoms. The van der Waals surface area contributed by atoms with Gasteiger partial charge in [-0.25, -0.2) is 9.97 Å². The normalized spacial score (nSPS) is 11.1. The molecule has 5 nitrogen and oxygen atoms in total. The highest BCUT2D eigenvalue weighted by molar-refractivity contribution is 6.32. The first kappa shape index (κ1) is 17.5. The molecule has 3 heterocycles. The molecule has 0 saturated carbocycles. The molecule has 0 atom stereocenters. The van der Waals surface area contributed by atoms with Gasteiger partial charge >= 0.3 is 0 Å². The second-order valence-electron chi connectivity index (χ2n) is 6.58. The average molecular weight is 401 g/mol. The standard InChI is InChI=1S/C23H17ClN4O/c24-19-10-4-5-11-20(19)28-14-18(16-7-2-1-3-8-16)21-22(26-15-27-23(21)28)25-13-17-9-6-12-29-17/h1-12,14-15H,13H2,(H,25,26,27). The largest absolute Gasteiger partial charge is 0.467 e. The maximum atomic E-state index is 6.49. The van der Waals surface area contributed by atoms with Crippen LogP contribution in [0.3, 0.4) is 0 Å². The van der Waals surface area contributed by atoms with Crippen LogP contribution in [-0.4, -0.2) is 14.5 Å². The Morgan fingerprint density at radius 2 is 1.76 bits per heavy atom. The van der Waals surface area contributed by atoms with E-state index in [2.05, 4.69) is 33.6 Å². The van der Waals surface area contributed by atoms with Gasteiger partial charge in [0, 0.05) is 11.8 Å². The smallest absolute Gasteiger partial charge is 0.150 e. The van der Waals surface area contributed by atoms with Gasteiger partial charge in [-0.05, 0) is 29.8 Å². The summed E-state index contributed by atoms with van der Waals surface area (Å²) in [6.45, 7) is 0.532. The predicted molar refractivity (Wildman–Crippen MR) is 115 cm³/mol. The quantitative estimate of drug-likeness (QED) is 0.396. The first-order valence-corrected chi connectivity index (χ1v) is 9.61. The Kier molecular flexibility index (Phi) is 4.50. The molecule has 0 bridgehead atoms. The first-order valence-electron chi connectivity index (χ1n) is 9.24. The Morgan fingerprint density at radius 1 is 0.931 bits per heavy atom. The minimum atomic E-state index is 0.532. The third kappa shape index (κ3) is 3.26. The molecule has 0 radical (unpaired) electrons. The fraction of sp³-hybridized carbons (Fsp3) is 0.0435. The molecule has 6 heteroatoms. The van der Waals surface area contributed by atoms with Crippen LogP contribution in [0.15, 0.2) is 89.9 Å². The van der Waals surface area contributed by atoms with E-state index in [0.717, 1.165) is 39.4 Å². The number of fused-ring (bicyclic) bond motifs is 1. The van der Waals surface area contributed by atoms with Crippen LogP contribution in [0.25, 0.3) is 27.8 Å². The lowest BCUT2D eigenvalue weighted by molar-refractivity contribution is 0.518. The summed E-state index contributed by atoms with van der Waals surface area (Å²) in [5.74, 6) is 1.58. The minimum Gasteiger partial charge on any atom is -0.467 e. The zero-order valence-corrected chi connectivity index (χ0v) is 16.2. The first-order chi connectivity index (χ1) is 14.3. The van der Waals surface area contributed by atoms with E-state index >= 15 is 0 Å². The van der Waals surface area contributed by atoms with Crippen LogP contribution in [-0.2, 0) is 6.54 Å².